The van der Waals surface area contributed by atoms with Gasteiger partial charge < -0.3 is 20.1 Å². The van der Waals surface area contributed by atoms with Gasteiger partial charge in [0.1, 0.15) is 17.6 Å². The number of fused-ring (bicyclic) bond motifs is 1. The van der Waals surface area contributed by atoms with Crippen molar-refractivity contribution in [1.82, 2.24) is 0 Å². The van der Waals surface area contributed by atoms with Gasteiger partial charge >= 0.3 is 0 Å². The van der Waals surface area contributed by atoms with E-state index >= 15 is 0 Å². The Labute approximate surface area is 114 Å². The third-order valence-corrected chi connectivity index (χ3v) is 3.30. The number of carbonyl (C=O) groups is 1. The molecular formula is C15H12O5. The second-order valence-corrected chi connectivity index (χ2v) is 4.60. The molecule has 2 aromatic carbocycles. The zero-order valence-corrected chi connectivity index (χ0v) is 10.4. The van der Waals surface area contributed by atoms with Gasteiger partial charge in [0, 0.05) is 17.2 Å². The molecule has 20 heavy (non-hydrogen) atoms. The first-order valence-electron chi connectivity index (χ1n) is 6.04. The third-order valence-electron chi connectivity index (χ3n) is 3.30. The summed E-state index contributed by atoms with van der Waals surface area (Å²) in [4.78, 5) is 12.2. The van der Waals surface area contributed by atoms with Crippen LogP contribution in [0, 0.1) is 0 Å². The van der Waals surface area contributed by atoms with Gasteiger partial charge in [0.15, 0.2) is 0 Å². The molecule has 0 saturated heterocycles. The Balaban J connectivity index is 2.14. The fraction of sp³-hybridized carbons (Fsp3) is 0.133. The van der Waals surface area contributed by atoms with Crippen molar-refractivity contribution in [1.29, 1.82) is 0 Å². The quantitative estimate of drug-likeness (QED) is 0.727. The maximum absolute atomic E-state index is 12.2. The van der Waals surface area contributed by atoms with E-state index in [0.29, 0.717) is 0 Å². The summed E-state index contributed by atoms with van der Waals surface area (Å²) in [6.07, 6.45) is -1.51. The second kappa shape index (κ2) is 4.33. The van der Waals surface area contributed by atoms with Crippen LogP contribution in [0.4, 0.5) is 0 Å². The van der Waals surface area contributed by atoms with Crippen LogP contribution in [-0.4, -0.2) is 21.1 Å². The van der Waals surface area contributed by atoms with Gasteiger partial charge in [-0.05, 0) is 12.1 Å². The van der Waals surface area contributed by atoms with Crippen molar-refractivity contribution in [2.75, 3.05) is 0 Å². The molecule has 0 fully saturated rings. The molecule has 3 N–H and O–H groups in total. The lowest BCUT2D eigenvalue weighted by atomic mass is 9.90. The van der Waals surface area contributed by atoms with Crippen molar-refractivity contribution in [3.63, 3.8) is 0 Å². The molecule has 1 aliphatic rings. The molecule has 2 unspecified atom stereocenters. The van der Waals surface area contributed by atoms with Gasteiger partial charge in [-0.15, -0.1) is 0 Å². The summed E-state index contributed by atoms with van der Waals surface area (Å²) < 4.78 is 5.36. The van der Waals surface area contributed by atoms with Gasteiger partial charge in [-0.3, -0.25) is 4.79 Å². The fourth-order valence-corrected chi connectivity index (χ4v) is 2.24. The van der Waals surface area contributed by atoms with E-state index in [1.165, 1.54) is 30.3 Å². The Kier molecular flexibility index (Phi) is 2.74. The monoisotopic (exact) mass is 272 g/mol. The highest BCUT2D eigenvalue weighted by Gasteiger charge is 2.49. The van der Waals surface area contributed by atoms with E-state index in [4.69, 9.17) is 4.74 Å². The molecule has 1 aliphatic heterocycles. The molecular weight excluding hydrogens is 260 g/mol. The number of rotatable bonds is 1. The van der Waals surface area contributed by atoms with Crippen LogP contribution < -0.4 is 4.74 Å². The highest BCUT2D eigenvalue weighted by Crippen LogP contribution is 2.42. The molecule has 0 radical (unpaired) electrons. The normalized spacial score (nSPS) is 24.9. The summed E-state index contributed by atoms with van der Waals surface area (Å²) >= 11 is 0. The number of aromatic hydroxyl groups is 1. The predicted octanol–water partition coefficient (Wildman–Crippen LogP) is 1.23. The predicted molar refractivity (Wildman–Crippen MR) is 69.0 cm³/mol. The lowest BCUT2D eigenvalue weighted by molar-refractivity contribution is -0.191. The topological polar surface area (TPSA) is 87.0 Å². The molecule has 0 amide bonds. The van der Waals surface area contributed by atoms with Crippen molar-refractivity contribution >= 4 is 5.78 Å². The van der Waals surface area contributed by atoms with E-state index in [1.807, 2.05) is 0 Å². The van der Waals surface area contributed by atoms with Crippen molar-refractivity contribution in [2.24, 2.45) is 0 Å². The number of aliphatic hydroxyl groups excluding tert-OH is 1. The zero-order chi connectivity index (χ0) is 14.3. The van der Waals surface area contributed by atoms with E-state index < -0.39 is 17.7 Å². The van der Waals surface area contributed by atoms with Gasteiger partial charge in [0.2, 0.25) is 5.78 Å². The van der Waals surface area contributed by atoms with Crippen LogP contribution in [0.2, 0.25) is 0 Å². The summed E-state index contributed by atoms with van der Waals surface area (Å²) in [6.45, 7) is 0. The minimum absolute atomic E-state index is 0.0726. The molecule has 0 saturated carbocycles. The van der Waals surface area contributed by atoms with Crippen LogP contribution in [0.15, 0.2) is 48.5 Å². The average Bonchev–Trinajstić information content (AvgIpc) is 2.45. The third kappa shape index (κ3) is 1.76. The van der Waals surface area contributed by atoms with Crippen LogP contribution in [0.1, 0.15) is 17.2 Å². The number of hydrogen-bond acceptors (Lipinski definition) is 5. The number of aliphatic hydroxyl groups is 2. The fourth-order valence-electron chi connectivity index (χ4n) is 2.24. The summed E-state index contributed by atoms with van der Waals surface area (Å²) in [5.41, 5.74) is 0.437. The number of Topliss-reactive ketones (excluding diaryl/α,β-unsaturated/α-hetero) is 1. The highest BCUT2D eigenvalue weighted by atomic mass is 16.6. The molecule has 2 atom stereocenters. The Morgan fingerprint density at radius 3 is 2.50 bits per heavy atom. The number of ketones is 1. The van der Waals surface area contributed by atoms with E-state index in [9.17, 15) is 20.1 Å². The van der Waals surface area contributed by atoms with Crippen LogP contribution in [0.25, 0.3) is 0 Å². The lowest BCUT2D eigenvalue weighted by Gasteiger charge is -2.35. The molecule has 0 bridgehead atoms. The first kappa shape index (κ1) is 12.7. The molecule has 5 nitrogen and oxygen atoms in total. The number of hydrogen-bond donors (Lipinski definition) is 3. The number of ether oxygens (including phenoxy) is 1. The number of phenols is 1. The Morgan fingerprint density at radius 1 is 1.10 bits per heavy atom. The van der Waals surface area contributed by atoms with Gasteiger partial charge in [-0.25, -0.2) is 0 Å². The average molecular weight is 272 g/mol. The summed E-state index contributed by atoms with van der Waals surface area (Å²) in [7, 11) is 0. The van der Waals surface area contributed by atoms with E-state index in [2.05, 4.69) is 0 Å². The summed E-state index contributed by atoms with van der Waals surface area (Å²) in [5, 5.41) is 30.0. The van der Waals surface area contributed by atoms with Crippen molar-refractivity contribution < 1.29 is 24.9 Å². The molecule has 0 aromatic heterocycles. The van der Waals surface area contributed by atoms with Crippen LogP contribution in [-0.2, 0) is 10.6 Å². The molecule has 0 aliphatic carbocycles. The van der Waals surface area contributed by atoms with Crippen molar-refractivity contribution in [3.8, 4) is 11.5 Å². The smallest absolute Gasteiger partial charge is 0.298 e. The van der Waals surface area contributed by atoms with Gasteiger partial charge in [-0.2, -0.15) is 0 Å². The molecule has 3 rings (SSSR count). The first-order chi connectivity index (χ1) is 9.52. The molecule has 2 aromatic rings. The van der Waals surface area contributed by atoms with E-state index in [0.717, 1.165) is 0 Å². The summed E-state index contributed by atoms with van der Waals surface area (Å²) in [5.74, 6) is -3.13. The van der Waals surface area contributed by atoms with Crippen molar-refractivity contribution in [3.05, 3.63) is 59.7 Å². The van der Waals surface area contributed by atoms with Gasteiger partial charge in [0.25, 0.3) is 5.79 Å². The van der Waals surface area contributed by atoms with E-state index in [1.54, 1.807) is 18.2 Å². The maximum atomic E-state index is 12.2. The maximum Gasteiger partial charge on any atom is 0.298 e. The van der Waals surface area contributed by atoms with Gasteiger partial charge in [0.05, 0.1) is 0 Å². The van der Waals surface area contributed by atoms with Crippen LogP contribution in [0.5, 0.6) is 11.5 Å². The van der Waals surface area contributed by atoms with Crippen LogP contribution >= 0.6 is 0 Å². The highest BCUT2D eigenvalue weighted by molar-refractivity contribution is 5.93. The number of carbonyl (C=O) groups excluding carboxylic acids is 1. The minimum Gasteiger partial charge on any atom is -0.508 e. The largest absolute Gasteiger partial charge is 0.508 e. The molecule has 102 valence electrons. The first-order valence-corrected chi connectivity index (χ1v) is 6.04. The minimum atomic E-state index is -2.26. The molecule has 1 heterocycles. The van der Waals surface area contributed by atoms with Crippen molar-refractivity contribution in [2.45, 2.75) is 11.9 Å². The Hall–Kier alpha value is -2.37. The number of benzene rings is 2. The SMILES string of the molecule is O=C1C(O)c2ccc(O)cc2OC1(O)c1ccccc1. The Morgan fingerprint density at radius 2 is 1.80 bits per heavy atom. The van der Waals surface area contributed by atoms with Crippen LogP contribution in [0.3, 0.4) is 0 Å². The molecule has 5 heteroatoms. The summed E-state index contributed by atoms with van der Waals surface area (Å²) in [6, 6.07) is 12.1. The number of phenolic OH excluding ortho intramolecular Hbond substituents is 1. The standard InChI is InChI=1S/C15H12O5/c16-10-6-7-11-12(8-10)20-15(19,14(18)13(11)17)9-4-2-1-3-5-9/h1-8,13,16-17,19H. The van der Waals surface area contributed by atoms with Gasteiger partial charge in [-0.1, -0.05) is 30.3 Å². The van der Waals surface area contributed by atoms with E-state index in [-0.39, 0.29) is 22.6 Å². The zero-order valence-electron chi connectivity index (χ0n) is 10.4. The second-order valence-electron chi connectivity index (χ2n) is 4.60. The molecule has 0 spiro atoms. The Bertz CT molecular complexity index is 667. The lowest BCUT2D eigenvalue weighted by Crippen LogP contribution is -2.47.